The maximum atomic E-state index is 12.5. The number of halogens is 1. The van der Waals surface area contributed by atoms with E-state index in [-0.39, 0.29) is 27.6 Å². The molecule has 0 spiro atoms. The summed E-state index contributed by atoms with van der Waals surface area (Å²) in [5, 5.41) is 5.48. The van der Waals surface area contributed by atoms with Crippen molar-refractivity contribution in [3.63, 3.8) is 0 Å². The van der Waals surface area contributed by atoms with Gasteiger partial charge in [0.05, 0.1) is 12.0 Å². The molecule has 0 aliphatic heterocycles. The molecule has 3 rings (SSSR count). The van der Waals surface area contributed by atoms with E-state index in [0.29, 0.717) is 11.3 Å². The summed E-state index contributed by atoms with van der Waals surface area (Å²) < 4.78 is 33.2. The number of sulfonamides is 1. The maximum absolute atomic E-state index is 12.5. The van der Waals surface area contributed by atoms with Crippen LogP contribution in [0.5, 0.6) is 5.88 Å². The molecule has 0 radical (unpaired) electrons. The molecule has 1 heterocycles. The van der Waals surface area contributed by atoms with Gasteiger partial charge in [-0.05, 0) is 54.7 Å². The van der Waals surface area contributed by atoms with Crippen LogP contribution in [0.2, 0.25) is 0 Å². The molecule has 0 atom stereocenters. The molecule has 9 nitrogen and oxygen atoms in total. The number of hydrogen-bond acceptors (Lipinski definition) is 7. The van der Waals surface area contributed by atoms with Crippen molar-refractivity contribution in [1.82, 2.24) is 15.3 Å². The van der Waals surface area contributed by atoms with Gasteiger partial charge in [-0.2, -0.15) is 0 Å². The summed E-state index contributed by atoms with van der Waals surface area (Å²) in [6, 6.07) is 14.0. The molecule has 0 saturated carbocycles. The van der Waals surface area contributed by atoms with Gasteiger partial charge in [0.1, 0.15) is 12.1 Å². The van der Waals surface area contributed by atoms with Crippen LogP contribution in [0.15, 0.2) is 70.3 Å². The number of carbonyl (C=O) groups excluding carboxylic acids is 1. The highest BCUT2D eigenvalue weighted by molar-refractivity contribution is 9.10. The number of anilines is 2. The van der Waals surface area contributed by atoms with E-state index in [1.165, 1.54) is 43.8 Å². The Morgan fingerprint density at radius 1 is 1.10 bits per heavy atom. The molecule has 2 aromatic carbocycles. The molecular weight excluding hydrogens is 506 g/mol. The maximum Gasteiger partial charge on any atom is 0.263 e. The monoisotopic (exact) mass is 521 g/mol. The Labute approximate surface area is 192 Å². The van der Waals surface area contributed by atoms with E-state index in [4.69, 9.17) is 17.0 Å². The largest absolute Gasteiger partial charge is 0.481 e. The summed E-state index contributed by atoms with van der Waals surface area (Å²) in [6.45, 7) is 0. The Morgan fingerprint density at radius 3 is 2.52 bits per heavy atom. The van der Waals surface area contributed by atoms with Crippen molar-refractivity contribution in [2.45, 2.75) is 4.90 Å². The third kappa shape index (κ3) is 6.20. The molecule has 1 aromatic heterocycles. The standard InChI is InChI=1S/C19H16BrN5O4S2/c1-29-17-10-16(21-11-22-17)25-31(27,28)15-7-5-14(6-8-15)23-19(30)24-18(26)12-3-2-4-13(20)9-12/h2-11H,1H3,(H,21,22,25)(H2,23,24,26,30). The van der Waals surface area contributed by atoms with Crippen molar-refractivity contribution >= 4 is 60.7 Å². The average molecular weight is 522 g/mol. The second kappa shape index (κ2) is 9.81. The van der Waals surface area contributed by atoms with E-state index < -0.39 is 10.0 Å². The fourth-order valence-electron chi connectivity index (χ4n) is 2.39. The minimum Gasteiger partial charge on any atom is -0.481 e. The van der Waals surface area contributed by atoms with Crippen molar-refractivity contribution in [1.29, 1.82) is 0 Å². The van der Waals surface area contributed by atoms with Crippen molar-refractivity contribution in [2.24, 2.45) is 0 Å². The van der Waals surface area contributed by atoms with Crippen LogP contribution in [-0.2, 0) is 10.0 Å². The second-order valence-electron chi connectivity index (χ2n) is 5.99. The van der Waals surface area contributed by atoms with E-state index in [9.17, 15) is 13.2 Å². The fourth-order valence-corrected chi connectivity index (χ4v) is 4.00. The molecule has 12 heteroatoms. The van der Waals surface area contributed by atoms with E-state index in [2.05, 4.69) is 41.3 Å². The Bertz CT molecular complexity index is 1220. The zero-order valence-electron chi connectivity index (χ0n) is 16.0. The number of methoxy groups -OCH3 is 1. The SMILES string of the molecule is COc1cc(NS(=O)(=O)c2ccc(NC(=S)NC(=O)c3cccc(Br)c3)cc2)ncn1. The van der Waals surface area contributed by atoms with Crippen molar-refractivity contribution in [3.8, 4) is 5.88 Å². The lowest BCUT2D eigenvalue weighted by Gasteiger charge is -2.11. The molecule has 160 valence electrons. The lowest BCUT2D eigenvalue weighted by molar-refractivity contribution is 0.0977. The summed E-state index contributed by atoms with van der Waals surface area (Å²) in [4.78, 5) is 19.9. The summed E-state index contributed by atoms with van der Waals surface area (Å²) >= 11 is 8.46. The first kappa shape index (κ1) is 22.6. The Hall–Kier alpha value is -3.09. The number of hydrogen-bond donors (Lipinski definition) is 3. The first-order valence-corrected chi connectivity index (χ1v) is 11.3. The molecule has 0 unspecified atom stereocenters. The van der Waals surface area contributed by atoms with Crippen LogP contribution in [0, 0.1) is 0 Å². The summed E-state index contributed by atoms with van der Waals surface area (Å²) in [5.74, 6) is -0.0707. The van der Waals surface area contributed by atoms with E-state index in [1.54, 1.807) is 24.3 Å². The molecule has 3 N–H and O–H groups in total. The van der Waals surface area contributed by atoms with Crippen LogP contribution in [-0.4, -0.2) is 36.5 Å². The van der Waals surface area contributed by atoms with Gasteiger partial charge < -0.3 is 10.1 Å². The number of thiocarbonyl (C=S) groups is 1. The van der Waals surface area contributed by atoms with Crippen molar-refractivity contribution in [2.75, 3.05) is 17.1 Å². The minimum atomic E-state index is -3.87. The van der Waals surface area contributed by atoms with Gasteiger partial charge in [-0.1, -0.05) is 22.0 Å². The van der Waals surface area contributed by atoms with Crippen molar-refractivity contribution in [3.05, 3.63) is 71.0 Å². The van der Waals surface area contributed by atoms with Gasteiger partial charge in [-0.15, -0.1) is 0 Å². The van der Waals surface area contributed by atoms with Gasteiger partial charge in [0.25, 0.3) is 15.9 Å². The minimum absolute atomic E-state index is 0.0136. The van der Waals surface area contributed by atoms with Crippen LogP contribution in [0.3, 0.4) is 0 Å². The zero-order valence-corrected chi connectivity index (χ0v) is 19.2. The molecular formula is C19H16BrN5O4S2. The van der Waals surface area contributed by atoms with Crippen LogP contribution in [0.4, 0.5) is 11.5 Å². The molecule has 1 amide bonds. The quantitative estimate of drug-likeness (QED) is 0.422. The van der Waals surface area contributed by atoms with Gasteiger partial charge in [-0.3, -0.25) is 14.8 Å². The number of aromatic nitrogens is 2. The molecule has 0 aliphatic rings. The number of nitrogens with one attached hydrogen (secondary N) is 3. The number of nitrogens with zero attached hydrogens (tertiary/aromatic N) is 2. The number of benzene rings is 2. The van der Waals surface area contributed by atoms with Crippen molar-refractivity contribution < 1.29 is 17.9 Å². The zero-order chi connectivity index (χ0) is 22.4. The second-order valence-corrected chi connectivity index (χ2v) is 9.00. The molecule has 3 aromatic rings. The predicted octanol–water partition coefficient (Wildman–Crippen LogP) is 3.18. The van der Waals surface area contributed by atoms with E-state index in [1.807, 2.05) is 0 Å². The Kier molecular flexibility index (Phi) is 7.15. The number of rotatable bonds is 6. The third-order valence-corrected chi connectivity index (χ3v) is 5.89. The highest BCUT2D eigenvalue weighted by Gasteiger charge is 2.16. The highest BCUT2D eigenvalue weighted by Crippen LogP contribution is 2.19. The molecule has 0 aliphatic carbocycles. The first-order chi connectivity index (χ1) is 14.8. The average Bonchev–Trinajstić information content (AvgIpc) is 2.74. The highest BCUT2D eigenvalue weighted by atomic mass is 79.9. The number of ether oxygens (including phenoxy) is 1. The summed E-state index contributed by atoms with van der Waals surface area (Å²) in [5.41, 5.74) is 0.939. The number of carbonyl (C=O) groups is 1. The van der Waals surface area contributed by atoms with Crippen LogP contribution < -0.4 is 20.1 Å². The van der Waals surface area contributed by atoms with E-state index >= 15 is 0 Å². The Balaban J connectivity index is 1.63. The van der Waals surface area contributed by atoms with Crippen LogP contribution in [0.25, 0.3) is 0 Å². The molecule has 0 fully saturated rings. The summed E-state index contributed by atoms with van der Waals surface area (Å²) in [7, 11) is -2.46. The van der Waals surface area contributed by atoms with Gasteiger partial charge in [-0.25, -0.2) is 18.4 Å². The first-order valence-electron chi connectivity index (χ1n) is 8.63. The van der Waals surface area contributed by atoms with Gasteiger partial charge in [0, 0.05) is 21.8 Å². The topological polar surface area (TPSA) is 122 Å². The lowest BCUT2D eigenvalue weighted by atomic mass is 10.2. The molecule has 31 heavy (non-hydrogen) atoms. The predicted molar refractivity (Wildman–Crippen MR) is 124 cm³/mol. The smallest absolute Gasteiger partial charge is 0.263 e. The van der Waals surface area contributed by atoms with Gasteiger partial charge in [0.2, 0.25) is 5.88 Å². The third-order valence-electron chi connectivity index (χ3n) is 3.83. The van der Waals surface area contributed by atoms with Gasteiger partial charge >= 0.3 is 0 Å². The van der Waals surface area contributed by atoms with Gasteiger partial charge in [0.15, 0.2) is 5.11 Å². The summed E-state index contributed by atoms with van der Waals surface area (Å²) in [6.07, 6.45) is 1.19. The van der Waals surface area contributed by atoms with Crippen LogP contribution in [0.1, 0.15) is 10.4 Å². The molecule has 0 bridgehead atoms. The normalized spacial score (nSPS) is 10.8. The lowest BCUT2D eigenvalue weighted by Crippen LogP contribution is -2.34. The van der Waals surface area contributed by atoms with Crippen LogP contribution >= 0.6 is 28.1 Å². The van der Waals surface area contributed by atoms with E-state index in [0.717, 1.165) is 4.47 Å². The fraction of sp³-hybridized carbons (Fsp3) is 0.0526. The molecule has 0 saturated heterocycles. The Morgan fingerprint density at radius 2 is 1.84 bits per heavy atom. The number of amides is 1.